The van der Waals surface area contributed by atoms with E-state index in [0.717, 1.165) is 11.6 Å². The van der Waals surface area contributed by atoms with Gasteiger partial charge in [0, 0.05) is 5.69 Å². The van der Waals surface area contributed by atoms with E-state index in [-0.39, 0.29) is 5.56 Å². The Morgan fingerprint density at radius 2 is 1.67 bits per heavy atom. The average molecular weight is 295 g/mol. The number of halogens is 3. The molecule has 2 rings (SSSR count). The first-order valence-electron chi connectivity index (χ1n) is 6.52. The first-order valence-corrected chi connectivity index (χ1v) is 6.52. The maximum atomic E-state index is 13.1. The number of aliphatic hydroxyl groups excluding tert-OH is 1. The lowest BCUT2D eigenvalue weighted by molar-refractivity contribution is -0.138. The number of rotatable bonds is 4. The third kappa shape index (κ3) is 3.55. The molecule has 0 aliphatic carbocycles. The molecule has 2 N–H and O–H groups in total. The number of aliphatic hydroxyl groups is 1. The van der Waals surface area contributed by atoms with Crippen LogP contribution in [0.25, 0.3) is 0 Å². The van der Waals surface area contributed by atoms with Crippen LogP contribution in [-0.2, 0) is 6.18 Å². The van der Waals surface area contributed by atoms with Crippen LogP contribution in [0.5, 0.6) is 0 Å². The summed E-state index contributed by atoms with van der Waals surface area (Å²) in [5, 5.41) is 12.5. The Morgan fingerprint density at radius 1 is 1.05 bits per heavy atom. The molecule has 2 aromatic carbocycles. The quantitative estimate of drug-likeness (QED) is 0.887. The molecule has 112 valence electrons. The van der Waals surface area contributed by atoms with Gasteiger partial charge in [-0.25, -0.2) is 0 Å². The summed E-state index contributed by atoms with van der Waals surface area (Å²) in [7, 11) is 0. The first kappa shape index (κ1) is 15.4. The Hall–Kier alpha value is -2.01. The molecule has 0 aromatic heterocycles. The van der Waals surface area contributed by atoms with E-state index in [4.69, 9.17) is 0 Å². The van der Waals surface area contributed by atoms with Crippen LogP contribution >= 0.6 is 0 Å². The Morgan fingerprint density at radius 3 is 2.29 bits per heavy atom. The summed E-state index contributed by atoms with van der Waals surface area (Å²) in [5.41, 5.74) is 0.912. The molecule has 0 aliphatic rings. The Kier molecular flexibility index (Phi) is 4.53. The zero-order valence-corrected chi connectivity index (χ0v) is 11.5. The van der Waals surface area contributed by atoms with Crippen molar-refractivity contribution in [1.82, 2.24) is 0 Å². The number of para-hydroxylation sites is 1. The van der Waals surface area contributed by atoms with E-state index in [2.05, 4.69) is 5.32 Å². The van der Waals surface area contributed by atoms with E-state index in [1.807, 2.05) is 19.1 Å². The number of nitrogens with one attached hydrogen (secondary N) is 1. The van der Waals surface area contributed by atoms with Gasteiger partial charge in [-0.05, 0) is 30.2 Å². The topological polar surface area (TPSA) is 32.3 Å². The van der Waals surface area contributed by atoms with Gasteiger partial charge in [0.1, 0.15) is 0 Å². The smallest absolute Gasteiger partial charge is 0.394 e. The van der Waals surface area contributed by atoms with Gasteiger partial charge >= 0.3 is 6.18 Å². The molecule has 5 heteroatoms. The molecule has 0 amide bonds. The first-order chi connectivity index (χ1) is 9.93. The van der Waals surface area contributed by atoms with Crippen molar-refractivity contribution in [1.29, 1.82) is 0 Å². The molecule has 0 saturated heterocycles. The van der Waals surface area contributed by atoms with Crippen LogP contribution in [0.1, 0.15) is 22.7 Å². The van der Waals surface area contributed by atoms with Crippen LogP contribution in [0.2, 0.25) is 0 Å². The van der Waals surface area contributed by atoms with Crippen LogP contribution in [0.3, 0.4) is 0 Å². The number of alkyl halides is 3. The van der Waals surface area contributed by atoms with E-state index in [1.54, 1.807) is 12.1 Å². The van der Waals surface area contributed by atoms with Crippen molar-refractivity contribution in [3.8, 4) is 0 Å². The van der Waals surface area contributed by atoms with E-state index in [9.17, 15) is 18.3 Å². The van der Waals surface area contributed by atoms with Gasteiger partial charge in [0.2, 0.25) is 0 Å². The van der Waals surface area contributed by atoms with Crippen LogP contribution in [0, 0.1) is 6.92 Å². The second kappa shape index (κ2) is 6.18. The molecule has 0 radical (unpaired) electrons. The van der Waals surface area contributed by atoms with Gasteiger partial charge in [-0.15, -0.1) is 0 Å². The third-order valence-electron chi connectivity index (χ3n) is 3.30. The van der Waals surface area contributed by atoms with E-state index >= 15 is 0 Å². The molecule has 2 aromatic rings. The molecule has 1 atom stereocenters. The van der Waals surface area contributed by atoms with Gasteiger partial charge in [-0.3, -0.25) is 0 Å². The second-order valence-electron chi connectivity index (χ2n) is 4.78. The highest BCUT2D eigenvalue weighted by Gasteiger charge is 2.34. The second-order valence-corrected chi connectivity index (χ2v) is 4.78. The molecular formula is C16H16F3NO. The van der Waals surface area contributed by atoms with Crippen LogP contribution < -0.4 is 5.32 Å². The average Bonchev–Trinajstić information content (AvgIpc) is 2.45. The van der Waals surface area contributed by atoms with E-state index < -0.39 is 24.4 Å². The van der Waals surface area contributed by atoms with Crippen molar-refractivity contribution >= 4 is 5.69 Å². The molecule has 21 heavy (non-hydrogen) atoms. The number of hydrogen-bond acceptors (Lipinski definition) is 2. The summed E-state index contributed by atoms with van der Waals surface area (Å²) in [5.74, 6) is 0. The zero-order chi connectivity index (χ0) is 15.5. The molecule has 0 fully saturated rings. The maximum absolute atomic E-state index is 13.1. The van der Waals surface area contributed by atoms with Gasteiger partial charge in [0.05, 0.1) is 18.2 Å². The van der Waals surface area contributed by atoms with Crippen molar-refractivity contribution in [2.24, 2.45) is 0 Å². The lowest BCUT2D eigenvalue weighted by Gasteiger charge is -2.23. The van der Waals surface area contributed by atoms with E-state index in [0.29, 0.717) is 5.69 Å². The highest BCUT2D eigenvalue weighted by atomic mass is 19.4. The van der Waals surface area contributed by atoms with E-state index in [1.165, 1.54) is 18.2 Å². The summed E-state index contributed by atoms with van der Waals surface area (Å²) >= 11 is 0. The third-order valence-corrected chi connectivity index (χ3v) is 3.30. The SMILES string of the molecule is Cc1ccccc1NC(CO)c1ccccc1C(F)(F)F. The highest BCUT2D eigenvalue weighted by Crippen LogP contribution is 2.35. The standard InChI is InChI=1S/C16H16F3NO/c1-11-6-2-5-9-14(11)20-15(10-21)12-7-3-4-8-13(12)16(17,18)19/h2-9,15,20-21H,10H2,1H3. The maximum Gasteiger partial charge on any atom is 0.416 e. The molecule has 0 saturated carbocycles. The van der Waals surface area contributed by atoms with Crippen LogP contribution in [-0.4, -0.2) is 11.7 Å². The predicted molar refractivity (Wildman–Crippen MR) is 76.1 cm³/mol. The summed E-state index contributed by atoms with van der Waals surface area (Å²) in [6, 6.07) is 11.7. The predicted octanol–water partition coefficient (Wildman–Crippen LogP) is 4.16. The van der Waals surface area contributed by atoms with Crippen molar-refractivity contribution in [2.75, 3.05) is 11.9 Å². The fourth-order valence-corrected chi connectivity index (χ4v) is 2.20. The summed E-state index contributed by atoms with van der Waals surface area (Å²) in [4.78, 5) is 0. The highest BCUT2D eigenvalue weighted by molar-refractivity contribution is 5.52. The Bertz CT molecular complexity index is 610. The molecule has 0 aliphatic heterocycles. The summed E-state index contributed by atoms with van der Waals surface area (Å²) < 4.78 is 39.2. The molecule has 0 bridgehead atoms. The minimum atomic E-state index is -4.45. The van der Waals surface area contributed by atoms with Crippen molar-refractivity contribution in [3.63, 3.8) is 0 Å². The van der Waals surface area contributed by atoms with Gasteiger partial charge in [0.15, 0.2) is 0 Å². The fourth-order valence-electron chi connectivity index (χ4n) is 2.20. The number of aryl methyl sites for hydroxylation is 1. The van der Waals surface area contributed by atoms with Gasteiger partial charge in [-0.2, -0.15) is 13.2 Å². The molecular weight excluding hydrogens is 279 g/mol. The lowest BCUT2D eigenvalue weighted by Crippen LogP contribution is -2.20. The zero-order valence-electron chi connectivity index (χ0n) is 11.5. The minimum absolute atomic E-state index is 0.0377. The lowest BCUT2D eigenvalue weighted by atomic mass is 9.99. The molecule has 2 nitrogen and oxygen atoms in total. The van der Waals surface area contributed by atoms with Crippen molar-refractivity contribution < 1.29 is 18.3 Å². The van der Waals surface area contributed by atoms with Crippen LogP contribution in [0.15, 0.2) is 48.5 Å². The molecule has 0 heterocycles. The van der Waals surface area contributed by atoms with Gasteiger partial charge in [-0.1, -0.05) is 36.4 Å². The number of anilines is 1. The largest absolute Gasteiger partial charge is 0.416 e. The normalized spacial score (nSPS) is 13.0. The molecule has 0 spiro atoms. The van der Waals surface area contributed by atoms with Gasteiger partial charge in [0.25, 0.3) is 0 Å². The van der Waals surface area contributed by atoms with Crippen LogP contribution in [0.4, 0.5) is 18.9 Å². The van der Waals surface area contributed by atoms with Gasteiger partial charge < -0.3 is 10.4 Å². The fraction of sp³-hybridized carbons (Fsp3) is 0.250. The van der Waals surface area contributed by atoms with Crippen molar-refractivity contribution in [3.05, 3.63) is 65.2 Å². The molecule has 1 unspecified atom stereocenters. The summed E-state index contributed by atoms with van der Waals surface area (Å²) in [6.07, 6.45) is -4.45. The van der Waals surface area contributed by atoms with Crippen molar-refractivity contribution in [2.45, 2.75) is 19.1 Å². The number of benzene rings is 2. The number of hydrogen-bond donors (Lipinski definition) is 2. The minimum Gasteiger partial charge on any atom is -0.394 e. The summed E-state index contributed by atoms with van der Waals surface area (Å²) in [6.45, 7) is 1.42. The monoisotopic (exact) mass is 295 g/mol. The Labute approximate surface area is 121 Å². The Balaban J connectivity index is 2.37.